The lowest BCUT2D eigenvalue weighted by Gasteiger charge is -1.98. The van der Waals surface area contributed by atoms with E-state index >= 15 is 0 Å². The van der Waals surface area contributed by atoms with Crippen molar-refractivity contribution in [3.63, 3.8) is 0 Å². The number of rotatable bonds is 6. The van der Waals surface area contributed by atoms with Gasteiger partial charge in [-0.05, 0) is 29.5 Å². The minimum Gasteiger partial charge on any atom is -0.0937 e. The molecule has 0 saturated carbocycles. The molecule has 0 atom stereocenters. The van der Waals surface area contributed by atoms with Gasteiger partial charge in [0.05, 0.1) is 0 Å². The molecule has 0 aromatic heterocycles. The van der Waals surface area contributed by atoms with E-state index in [1.807, 2.05) is 6.08 Å². The number of aryl methyl sites for hydroxylation is 1. The Morgan fingerprint density at radius 3 is 2.69 bits per heavy atom. The van der Waals surface area contributed by atoms with Crippen molar-refractivity contribution >= 4 is 6.08 Å². The van der Waals surface area contributed by atoms with Crippen molar-refractivity contribution in [2.75, 3.05) is 6.54 Å². The van der Waals surface area contributed by atoms with Gasteiger partial charge in [-0.3, -0.25) is 0 Å². The molecule has 1 aromatic rings. The van der Waals surface area contributed by atoms with Crippen molar-refractivity contribution in [2.24, 2.45) is 5.11 Å². The van der Waals surface area contributed by atoms with Crippen LogP contribution in [0, 0.1) is 0 Å². The first-order valence-electron chi connectivity index (χ1n) is 5.63. The van der Waals surface area contributed by atoms with E-state index < -0.39 is 0 Å². The lowest BCUT2D eigenvalue weighted by molar-refractivity contribution is 0.922. The molecule has 1 aromatic carbocycles. The fourth-order valence-corrected chi connectivity index (χ4v) is 1.48. The Kier molecular flexibility index (Phi) is 5.82. The largest absolute Gasteiger partial charge is 0.0937 e. The van der Waals surface area contributed by atoms with Crippen LogP contribution in [0.1, 0.15) is 30.9 Å². The minimum absolute atomic E-state index is 0.529. The molecule has 0 amide bonds. The molecule has 84 valence electrons. The smallest absolute Gasteiger partial charge is 0.0292 e. The van der Waals surface area contributed by atoms with E-state index in [9.17, 15) is 0 Å². The monoisotopic (exact) mass is 215 g/mol. The second-order valence-corrected chi connectivity index (χ2v) is 3.64. The van der Waals surface area contributed by atoms with E-state index in [0.717, 1.165) is 12.8 Å². The van der Waals surface area contributed by atoms with Gasteiger partial charge in [-0.15, -0.1) is 0 Å². The highest BCUT2D eigenvalue weighted by Gasteiger charge is 1.90. The summed E-state index contributed by atoms with van der Waals surface area (Å²) in [5.41, 5.74) is 10.7. The summed E-state index contributed by atoms with van der Waals surface area (Å²) in [6.45, 7) is 2.71. The summed E-state index contributed by atoms with van der Waals surface area (Å²) in [5, 5.41) is 3.47. The summed E-state index contributed by atoms with van der Waals surface area (Å²) in [7, 11) is 0. The Morgan fingerprint density at radius 2 is 2.06 bits per heavy atom. The van der Waals surface area contributed by atoms with E-state index in [0.29, 0.717) is 6.54 Å². The van der Waals surface area contributed by atoms with E-state index in [1.54, 1.807) is 0 Å². The standard InChI is InChI=1S/C13H17N3/c1-2-5-12-7-9-13(10-8-12)6-3-4-11-15-16-14/h3,6-10H,2,4-5,11H2,1H3. The molecule has 3 nitrogen and oxygen atoms in total. The molecule has 0 aliphatic carbocycles. The third-order valence-corrected chi connectivity index (χ3v) is 2.29. The van der Waals surface area contributed by atoms with Crippen LogP contribution in [0.15, 0.2) is 35.5 Å². The number of hydrogen-bond acceptors (Lipinski definition) is 1. The summed E-state index contributed by atoms with van der Waals surface area (Å²) in [5.74, 6) is 0. The molecule has 0 N–H and O–H groups in total. The number of azide groups is 1. The Bertz CT molecular complexity index is 373. The molecule has 0 bridgehead atoms. The highest BCUT2D eigenvalue weighted by atomic mass is 15.1. The summed E-state index contributed by atoms with van der Waals surface area (Å²) in [6, 6.07) is 8.57. The molecule has 0 aliphatic rings. The quantitative estimate of drug-likeness (QED) is 0.293. The average molecular weight is 215 g/mol. The predicted octanol–water partition coefficient (Wildman–Crippen LogP) is 4.35. The molecule has 0 fully saturated rings. The zero-order valence-corrected chi connectivity index (χ0v) is 9.63. The molecule has 1 rings (SSSR count). The van der Waals surface area contributed by atoms with Gasteiger partial charge in [0, 0.05) is 11.5 Å². The minimum atomic E-state index is 0.529. The van der Waals surface area contributed by atoms with Gasteiger partial charge in [0.2, 0.25) is 0 Å². The van der Waals surface area contributed by atoms with Gasteiger partial charge in [-0.25, -0.2) is 0 Å². The molecular weight excluding hydrogens is 198 g/mol. The number of hydrogen-bond donors (Lipinski definition) is 0. The molecular formula is C13H17N3. The molecule has 0 unspecified atom stereocenters. The van der Waals surface area contributed by atoms with Gasteiger partial charge in [-0.2, -0.15) is 0 Å². The Balaban J connectivity index is 2.44. The maximum Gasteiger partial charge on any atom is 0.0292 e. The molecule has 0 aliphatic heterocycles. The predicted molar refractivity (Wildman–Crippen MR) is 68.1 cm³/mol. The van der Waals surface area contributed by atoms with Crippen LogP contribution in [0.3, 0.4) is 0 Å². The molecule has 0 saturated heterocycles. The lowest BCUT2D eigenvalue weighted by Crippen LogP contribution is -1.82. The van der Waals surface area contributed by atoms with E-state index in [2.05, 4.69) is 47.3 Å². The number of nitrogens with zero attached hydrogens (tertiary/aromatic N) is 3. The third kappa shape index (κ3) is 4.67. The van der Waals surface area contributed by atoms with E-state index in [-0.39, 0.29) is 0 Å². The van der Waals surface area contributed by atoms with Gasteiger partial charge in [0.25, 0.3) is 0 Å². The maximum absolute atomic E-state index is 8.10. The SMILES string of the molecule is CCCc1ccc(C=CCCN=[N+]=[N-])cc1. The van der Waals surface area contributed by atoms with Crippen LogP contribution in [0.25, 0.3) is 16.5 Å². The van der Waals surface area contributed by atoms with Crippen molar-refractivity contribution in [3.05, 3.63) is 51.9 Å². The summed E-state index contributed by atoms with van der Waals surface area (Å²) in [6.07, 6.45) is 7.20. The lowest BCUT2D eigenvalue weighted by atomic mass is 10.1. The fourth-order valence-electron chi connectivity index (χ4n) is 1.48. The molecule has 0 radical (unpaired) electrons. The van der Waals surface area contributed by atoms with Crippen LogP contribution in [-0.4, -0.2) is 6.54 Å². The van der Waals surface area contributed by atoms with Crippen molar-refractivity contribution < 1.29 is 0 Å². The first-order valence-corrected chi connectivity index (χ1v) is 5.63. The molecule has 0 spiro atoms. The topological polar surface area (TPSA) is 48.8 Å². The van der Waals surface area contributed by atoms with E-state index in [4.69, 9.17) is 5.53 Å². The highest BCUT2D eigenvalue weighted by molar-refractivity contribution is 5.49. The second-order valence-electron chi connectivity index (χ2n) is 3.64. The van der Waals surface area contributed by atoms with Crippen molar-refractivity contribution in [1.29, 1.82) is 0 Å². The zero-order valence-electron chi connectivity index (χ0n) is 9.63. The van der Waals surface area contributed by atoms with Crippen molar-refractivity contribution in [3.8, 4) is 0 Å². The van der Waals surface area contributed by atoms with E-state index in [1.165, 1.54) is 17.5 Å². The first-order chi connectivity index (χ1) is 7.86. The first kappa shape index (κ1) is 12.3. The molecule has 16 heavy (non-hydrogen) atoms. The molecule has 3 heteroatoms. The van der Waals surface area contributed by atoms with Crippen LogP contribution in [-0.2, 0) is 6.42 Å². The Morgan fingerprint density at radius 1 is 1.31 bits per heavy atom. The normalized spacial score (nSPS) is 10.3. The fraction of sp³-hybridized carbons (Fsp3) is 0.385. The van der Waals surface area contributed by atoms with Crippen LogP contribution < -0.4 is 0 Å². The Hall–Kier alpha value is -1.73. The second kappa shape index (κ2) is 7.55. The maximum atomic E-state index is 8.10. The Labute approximate surface area is 96.4 Å². The van der Waals surface area contributed by atoms with Gasteiger partial charge in [-0.1, -0.05) is 54.9 Å². The summed E-state index contributed by atoms with van der Waals surface area (Å²) in [4.78, 5) is 2.70. The highest BCUT2D eigenvalue weighted by Crippen LogP contribution is 2.08. The van der Waals surface area contributed by atoms with Gasteiger partial charge >= 0.3 is 0 Å². The van der Waals surface area contributed by atoms with Gasteiger partial charge in [0.15, 0.2) is 0 Å². The third-order valence-electron chi connectivity index (χ3n) is 2.29. The average Bonchev–Trinajstić information content (AvgIpc) is 2.31. The van der Waals surface area contributed by atoms with Crippen molar-refractivity contribution in [2.45, 2.75) is 26.2 Å². The summed E-state index contributed by atoms with van der Waals surface area (Å²) >= 11 is 0. The summed E-state index contributed by atoms with van der Waals surface area (Å²) < 4.78 is 0. The van der Waals surface area contributed by atoms with Crippen LogP contribution in [0.2, 0.25) is 0 Å². The van der Waals surface area contributed by atoms with Crippen LogP contribution in [0.5, 0.6) is 0 Å². The van der Waals surface area contributed by atoms with Crippen molar-refractivity contribution in [1.82, 2.24) is 0 Å². The molecule has 0 heterocycles. The zero-order chi connectivity index (χ0) is 11.6. The van der Waals surface area contributed by atoms with Crippen LogP contribution >= 0.6 is 0 Å². The number of benzene rings is 1. The van der Waals surface area contributed by atoms with Gasteiger partial charge in [0.1, 0.15) is 0 Å². The van der Waals surface area contributed by atoms with Crippen LogP contribution in [0.4, 0.5) is 0 Å². The van der Waals surface area contributed by atoms with Gasteiger partial charge < -0.3 is 0 Å².